The Hall–Kier alpha value is -1.00. The van der Waals surface area contributed by atoms with Crippen LogP contribution in [-0.2, 0) is 15.6 Å². The lowest BCUT2D eigenvalue weighted by Crippen LogP contribution is -2.33. The smallest absolute Gasteiger partial charge is 0.441 e. The summed E-state index contributed by atoms with van der Waals surface area (Å²) < 4.78 is 5.58. The van der Waals surface area contributed by atoms with Crippen molar-refractivity contribution < 1.29 is 24.2 Å². The maximum Gasteiger partial charge on any atom is 0.441 e. The number of rotatable bonds is 17. The third-order valence-electron chi connectivity index (χ3n) is 6.99. The number of benzene rings is 1. The van der Waals surface area contributed by atoms with Crippen molar-refractivity contribution >= 4 is 19.2 Å². The minimum Gasteiger partial charge on any atom is -0.462 e. The highest BCUT2D eigenvalue weighted by atomic mass is 31.2. The SMILES string of the molecule is CCCCCCCCCCCCCCCCOC(=O)c1cc(C(C)(C)C)c([P+](O)(O)O)c(C(C)(C)C)c1. The van der Waals surface area contributed by atoms with Crippen molar-refractivity contribution in [2.75, 3.05) is 6.61 Å². The van der Waals surface area contributed by atoms with E-state index in [1.807, 2.05) is 41.5 Å². The molecule has 0 radical (unpaired) electrons. The third kappa shape index (κ3) is 13.1. The summed E-state index contributed by atoms with van der Waals surface area (Å²) in [6, 6.07) is 3.30. The summed E-state index contributed by atoms with van der Waals surface area (Å²) in [5.41, 5.74) is 0.505. The van der Waals surface area contributed by atoms with Crippen LogP contribution in [0, 0.1) is 0 Å². The van der Waals surface area contributed by atoms with Crippen LogP contribution in [0.2, 0.25) is 0 Å². The van der Waals surface area contributed by atoms with E-state index in [1.54, 1.807) is 12.1 Å². The van der Waals surface area contributed by atoms with Gasteiger partial charge < -0.3 is 4.74 Å². The molecule has 0 bridgehead atoms. The molecule has 1 aromatic carbocycles. The van der Waals surface area contributed by atoms with Crippen molar-refractivity contribution in [1.82, 2.24) is 0 Å². The van der Waals surface area contributed by atoms with Gasteiger partial charge in [0.05, 0.1) is 12.2 Å². The lowest BCUT2D eigenvalue weighted by molar-refractivity contribution is 0.0497. The molecule has 6 heteroatoms. The molecule has 0 saturated carbocycles. The summed E-state index contributed by atoms with van der Waals surface area (Å²) in [5.74, 6) is -0.407. The Kier molecular flexibility index (Phi) is 14.9. The van der Waals surface area contributed by atoms with E-state index in [9.17, 15) is 19.5 Å². The largest absolute Gasteiger partial charge is 0.462 e. The molecule has 5 nitrogen and oxygen atoms in total. The van der Waals surface area contributed by atoms with Gasteiger partial charge in [-0.2, -0.15) is 14.7 Å². The molecule has 0 aliphatic rings. The Bertz CT molecular complexity index is 764. The molecule has 0 aromatic heterocycles. The van der Waals surface area contributed by atoms with Crippen LogP contribution in [0.4, 0.5) is 0 Å². The first kappa shape index (κ1) is 34.0. The molecule has 0 atom stereocenters. The Morgan fingerprint density at radius 3 is 1.35 bits per heavy atom. The lowest BCUT2D eigenvalue weighted by atomic mass is 9.79. The molecule has 0 aliphatic carbocycles. The Balaban J connectivity index is 2.49. The molecular formula is C31H56O5P+. The molecule has 3 N–H and O–H groups in total. The van der Waals surface area contributed by atoms with E-state index in [4.69, 9.17) is 4.74 Å². The molecule has 0 amide bonds. The second kappa shape index (κ2) is 16.2. The van der Waals surface area contributed by atoms with E-state index in [0.717, 1.165) is 12.8 Å². The lowest BCUT2D eigenvalue weighted by Gasteiger charge is -2.29. The van der Waals surface area contributed by atoms with Gasteiger partial charge in [-0.1, -0.05) is 132 Å². The Morgan fingerprint density at radius 1 is 0.676 bits per heavy atom. The minimum absolute atomic E-state index is 0.149. The van der Waals surface area contributed by atoms with Crippen LogP contribution in [0.1, 0.15) is 160 Å². The number of hydrogen-bond acceptors (Lipinski definition) is 5. The normalized spacial score (nSPS) is 12.7. The fourth-order valence-corrected chi connectivity index (χ4v) is 6.21. The molecule has 0 spiro atoms. The molecule has 0 fully saturated rings. The summed E-state index contributed by atoms with van der Waals surface area (Å²) in [6.45, 7) is 14.2. The number of unbranched alkanes of at least 4 members (excludes halogenated alkanes) is 13. The van der Waals surface area contributed by atoms with Gasteiger partial charge in [0.1, 0.15) is 0 Å². The first-order chi connectivity index (χ1) is 17.2. The van der Waals surface area contributed by atoms with Crippen LogP contribution < -0.4 is 5.30 Å². The van der Waals surface area contributed by atoms with Gasteiger partial charge in [-0.25, -0.2) is 4.79 Å². The van der Waals surface area contributed by atoms with Gasteiger partial charge in [0.2, 0.25) is 0 Å². The third-order valence-corrected chi connectivity index (χ3v) is 8.07. The summed E-state index contributed by atoms with van der Waals surface area (Å²) in [6.07, 6.45) is 17.9. The molecule has 0 unspecified atom stereocenters. The van der Waals surface area contributed by atoms with Crippen LogP contribution in [0.3, 0.4) is 0 Å². The van der Waals surface area contributed by atoms with Gasteiger partial charge in [0, 0.05) is 11.1 Å². The Morgan fingerprint density at radius 2 is 1.03 bits per heavy atom. The zero-order chi connectivity index (χ0) is 28.1. The van der Waals surface area contributed by atoms with Crippen LogP contribution >= 0.6 is 7.94 Å². The summed E-state index contributed by atoms with van der Waals surface area (Å²) >= 11 is 0. The van der Waals surface area contributed by atoms with Crippen LogP contribution in [0.15, 0.2) is 12.1 Å². The summed E-state index contributed by atoms with van der Waals surface area (Å²) in [7, 11) is -4.29. The molecule has 1 aromatic rings. The number of carbonyl (C=O) groups is 1. The summed E-state index contributed by atoms with van der Waals surface area (Å²) in [4.78, 5) is 43.7. The maximum atomic E-state index is 12.9. The fraction of sp³-hybridized carbons (Fsp3) is 0.774. The van der Waals surface area contributed by atoms with Crippen molar-refractivity contribution in [3.63, 3.8) is 0 Å². The Labute approximate surface area is 228 Å². The number of ether oxygens (including phenoxy) is 1. The van der Waals surface area contributed by atoms with Gasteiger partial charge in [-0.3, -0.25) is 0 Å². The van der Waals surface area contributed by atoms with Crippen molar-refractivity contribution in [1.29, 1.82) is 0 Å². The van der Waals surface area contributed by atoms with Crippen molar-refractivity contribution in [2.24, 2.45) is 0 Å². The van der Waals surface area contributed by atoms with E-state index in [1.165, 1.54) is 77.0 Å². The second-order valence-electron chi connectivity index (χ2n) is 12.7. The highest BCUT2D eigenvalue weighted by Gasteiger charge is 2.45. The number of esters is 1. The summed E-state index contributed by atoms with van der Waals surface area (Å²) in [5, 5.41) is 0.149. The monoisotopic (exact) mass is 539 g/mol. The van der Waals surface area contributed by atoms with E-state index < -0.39 is 24.7 Å². The van der Waals surface area contributed by atoms with Gasteiger partial charge in [0.15, 0.2) is 5.30 Å². The molecule has 1 rings (SSSR count). The van der Waals surface area contributed by atoms with Gasteiger partial charge in [-0.05, 0) is 29.4 Å². The van der Waals surface area contributed by atoms with Crippen LogP contribution in [0.5, 0.6) is 0 Å². The van der Waals surface area contributed by atoms with Crippen molar-refractivity contribution in [3.8, 4) is 0 Å². The van der Waals surface area contributed by atoms with E-state index in [2.05, 4.69) is 6.92 Å². The maximum absolute atomic E-state index is 12.9. The first-order valence-corrected chi connectivity index (χ1v) is 16.3. The topological polar surface area (TPSA) is 87.0 Å². The van der Waals surface area contributed by atoms with E-state index in [-0.39, 0.29) is 5.30 Å². The van der Waals surface area contributed by atoms with Crippen LogP contribution in [0.25, 0.3) is 0 Å². The highest BCUT2D eigenvalue weighted by molar-refractivity contribution is 7.67. The average Bonchev–Trinajstić information content (AvgIpc) is 2.78. The zero-order valence-electron chi connectivity index (χ0n) is 24.9. The predicted molar refractivity (Wildman–Crippen MR) is 158 cm³/mol. The van der Waals surface area contributed by atoms with E-state index in [0.29, 0.717) is 23.3 Å². The van der Waals surface area contributed by atoms with Gasteiger partial charge >= 0.3 is 13.9 Å². The standard InChI is InChI=1S/C31H56O5P/c1-8-9-10-11-12-13-14-15-16-17-18-19-20-21-22-36-29(32)25-23-26(30(2,3)4)28(37(33,34)35)27(24-25)31(5,6)7/h23-24,33-35H,8-22H2,1-7H3/q+1. The van der Waals surface area contributed by atoms with Crippen molar-refractivity contribution in [2.45, 2.75) is 149 Å². The quantitative estimate of drug-likeness (QED) is 0.105. The first-order valence-electron chi connectivity index (χ1n) is 14.6. The number of carbonyl (C=O) groups excluding carboxylic acids is 1. The molecular weight excluding hydrogens is 483 g/mol. The van der Waals surface area contributed by atoms with Gasteiger partial charge in [-0.15, -0.1) is 0 Å². The van der Waals surface area contributed by atoms with Crippen molar-refractivity contribution in [3.05, 3.63) is 28.8 Å². The molecule has 37 heavy (non-hydrogen) atoms. The molecule has 214 valence electrons. The molecule has 0 saturated heterocycles. The fourth-order valence-electron chi connectivity index (χ4n) is 4.76. The highest BCUT2D eigenvalue weighted by Crippen LogP contribution is 2.49. The number of hydrogen-bond donors (Lipinski definition) is 3. The van der Waals surface area contributed by atoms with Crippen LogP contribution in [-0.4, -0.2) is 27.3 Å². The predicted octanol–water partition coefficient (Wildman–Crippen LogP) is 8.28. The van der Waals surface area contributed by atoms with E-state index >= 15 is 0 Å². The van der Waals surface area contributed by atoms with Gasteiger partial charge in [0.25, 0.3) is 0 Å². The average molecular weight is 540 g/mol. The molecule has 0 aliphatic heterocycles. The zero-order valence-corrected chi connectivity index (χ0v) is 25.8. The second-order valence-corrected chi connectivity index (χ2v) is 14.3. The molecule has 0 heterocycles. The minimum atomic E-state index is -4.29.